The Morgan fingerprint density at radius 1 is 1.12 bits per heavy atom. The van der Waals surface area contributed by atoms with E-state index in [9.17, 15) is 0 Å². The van der Waals surface area contributed by atoms with Gasteiger partial charge in [0.1, 0.15) is 0 Å². The van der Waals surface area contributed by atoms with E-state index in [1.165, 1.54) is 12.8 Å². The smallest absolute Gasteiger partial charge is 0.225 e. The summed E-state index contributed by atoms with van der Waals surface area (Å²) in [6, 6.07) is 1.03. The predicted octanol–water partition coefficient (Wildman–Crippen LogP) is 2.87. The molecule has 2 atom stereocenters. The Labute approximate surface area is 105 Å². The first kappa shape index (κ1) is 10.6. The second-order valence-electron chi connectivity index (χ2n) is 4.56. The molecule has 0 radical (unpaired) electrons. The van der Waals surface area contributed by atoms with Crippen LogP contribution in [0.5, 0.6) is 0 Å². The highest BCUT2D eigenvalue weighted by Gasteiger charge is 2.41. The fourth-order valence-electron chi connectivity index (χ4n) is 2.88. The summed E-state index contributed by atoms with van der Waals surface area (Å²) in [5.74, 6) is 0.806. The Hall–Kier alpha value is -0.540. The SMILES string of the molecule is Clc1cnc(N2C3CCC2CC(Cl)C3)nc1. The van der Waals surface area contributed by atoms with Crippen molar-refractivity contribution < 1.29 is 0 Å². The van der Waals surface area contributed by atoms with Crippen LogP contribution in [0, 0.1) is 0 Å². The van der Waals surface area contributed by atoms with E-state index in [4.69, 9.17) is 23.2 Å². The standard InChI is InChI=1S/C11H13Cl2N3/c12-7-3-9-1-2-10(4-7)16(9)11-14-5-8(13)6-15-11/h5-7,9-10H,1-4H2. The van der Waals surface area contributed by atoms with Crippen LogP contribution in [0.4, 0.5) is 5.95 Å². The van der Waals surface area contributed by atoms with Gasteiger partial charge in [-0.05, 0) is 25.7 Å². The molecule has 2 aliphatic heterocycles. The van der Waals surface area contributed by atoms with Gasteiger partial charge in [0.2, 0.25) is 5.95 Å². The predicted molar refractivity (Wildman–Crippen MR) is 65.2 cm³/mol. The molecule has 0 N–H and O–H groups in total. The summed E-state index contributed by atoms with van der Waals surface area (Å²) in [6.07, 6.45) is 7.83. The zero-order valence-electron chi connectivity index (χ0n) is 8.81. The molecule has 2 aliphatic rings. The zero-order valence-corrected chi connectivity index (χ0v) is 10.3. The van der Waals surface area contributed by atoms with Gasteiger partial charge in [-0.2, -0.15) is 0 Å². The fraction of sp³-hybridized carbons (Fsp3) is 0.636. The Morgan fingerprint density at radius 2 is 1.69 bits per heavy atom. The van der Waals surface area contributed by atoms with Gasteiger partial charge < -0.3 is 4.90 Å². The van der Waals surface area contributed by atoms with Crippen LogP contribution >= 0.6 is 23.2 Å². The molecule has 2 saturated heterocycles. The van der Waals surface area contributed by atoms with Crippen molar-refractivity contribution in [3.05, 3.63) is 17.4 Å². The van der Waals surface area contributed by atoms with Gasteiger partial charge in [-0.3, -0.25) is 0 Å². The van der Waals surface area contributed by atoms with Crippen LogP contribution in [0.25, 0.3) is 0 Å². The maximum atomic E-state index is 6.24. The third kappa shape index (κ3) is 1.76. The Bertz CT molecular complexity index is 367. The van der Waals surface area contributed by atoms with E-state index in [0.717, 1.165) is 18.8 Å². The first-order valence-electron chi connectivity index (χ1n) is 5.64. The summed E-state index contributed by atoms with van der Waals surface area (Å²) in [4.78, 5) is 10.9. The number of halogens is 2. The molecule has 2 unspecified atom stereocenters. The molecule has 1 aromatic rings. The van der Waals surface area contributed by atoms with Gasteiger partial charge in [0.15, 0.2) is 0 Å². The highest BCUT2D eigenvalue weighted by Crippen LogP contribution is 2.39. The van der Waals surface area contributed by atoms with E-state index >= 15 is 0 Å². The summed E-state index contributed by atoms with van der Waals surface area (Å²) in [7, 11) is 0. The lowest BCUT2D eigenvalue weighted by Crippen LogP contribution is -2.44. The molecule has 0 spiro atoms. The number of alkyl halides is 1. The average molecular weight is 258 g/mol. The van der Waals surface area contributed by atoms with Crippen molar-refractivity contribution in [2.45, 2.75) is 43.1 Å². The number of aromatic nitrogens is 2. The minimum atomic E-state index is 0.320. The molecule has 0 amide bonds. The maximum Gasteiger partial charge on any atom is 0.225 e. The molecular weight excluding hydrogens is 245 g/mol. The van der Waals surface area contributed by atoms with E-state index in [1.807, 2.05) is 0 Å². The van der Waals surface area contributed by atoms with E-state index in [-0.39, 0.29) is 0 Å². The second-order valence-corrected chi connectivity index (χ2v) is 5.62. The third-order valence-corrected chi connectivity index (χ3v) is 4.06. The Balaban J connectivity index is 1.88. The minimum absolute atomic E-state index is 0.320. The van der Waals surface area contributed by atoms with Crippen molar-refractivity contribution in [3.63, 3.8) is 0 Å². The highest BCUT2D eigenvalue weighted by molar-refractivity contribution is 6.30. The molecule has 0 aromatic carbocycles. The van der Waals surface area contributed by atoms with Gasteiger partial charge in [-0.1, -0.05) is 11.6 Å². The monoisotopic (exact) mass is 257 g/mol. The first-order valence-corrected chi connectivity index (χ1v) is 6.45. The number of rotatable bonds is 1. The van der Waals surface area contributed by atoms with E-state index in [2.05, 4.69) is 14.9 Å². The molecule has 2 bridgehead atoms. The minimum Gasteiger partial charge on any atom is -0.335 e. The number of fused-ring (bicyclic) bond motifs is 2. The van der Waals surface area contributed by atoms with Crippen molar-refractivity contribution in [1.82, 2.24) is 9.97 Å². The van der Waals surface area contributed by atoms with Crippen molar-refractivity contribution in [2.24, 2.45) is 0 Å². The van der Waals surface area contributed by atoms with Gasteiger partial charge >= 0.3 is 0 Å². The maximum absolute atomic E-state index is 6.24. The Morgan fingerprint density at radius 3 is 2.25 bits per heavy atom. The lowest BCUT2D eigenvalue weighted by Gasteiger charge is -2.36. The van der Waals surface area contributed by atoms with Crippen LogP contribution in [-0.2, 0) is 0 Å². The normalized spacial score (nSPS) is 33.1. The van der Waals surface area contributed by atoms with Gasteiger partial charge in [0.05, 0.1) is 17.4 Å². The largest absolute Gasteiger partial charge is 0.335 e. The van der Waals surface area contributed by atoms with Crippen LogP contribution in [0.3, 0.4) is 0 Å². The molecule has 16 heavy (non-hydrogen) atoms. The lowest BCUT2D eigenvalue weighted by atomic mass is 10.0. The third-order valence-electron chi connectivity index (χ3n) is 3.51. The molecular formula is C11H13Cl2N3. The molecule has 1 aromatic heterocycles. The second kappa shape index (κ2) is 4.04. The van der Waals surface area contributed by atoms with Crippen molar-refractivity contribution >= 4 is 29.2 Å². The molecule has 3 rings (SSSR count). The molecule has 86 valence electrons. The van der Waals surface area contributed by atoms with E-state index < -0.39 is 0 Å². The van der Waals surface area contributed by atoms with Crippen LogP contribution < -0.4 is 4.90 Å². The highest BCUT2D eigenvalue weighted by atomic mass is 35.5. The van der Waals surface area contributed by atoms with E-state index in [1.54, 1.807) is 12.4 Å². The fourth-order valence-corrected chi connectivity index (χ4v) is 3.38. The quantitative estimate of drug-likeness (QED) is 0.725. The number of hydrogen-bond donors (Lipinski definition) is 0. The van der Waals surface area contributed by atoms with Crippen LogP contribution in [0.2, 0.25) is 5.02 Å². The average Bonchev–Trinajstić information content (AvgIpc) is 2.54. The topological polar surface area (TPSA) is 29.0 Å². The summed E-state index contributed by atoms with van der Waals surface area (Å²) in [5, 5.41) is 0.907. The lowest BCUT2D eigenvalue weighted by molar-refractivity contribution is 0.466. The first-order chi connectivity index (χ1) is 7.74. The van der Waals surface area contributed by atoms with Crippen LogP contribution in [0.1, 0.15) is 25.7 Å². The molecule has 0 saturated carbocycles. The summed E-state index contributed by atoms with van der Waals surface area (Å²) in [6.45, 7) is 0. The van der Waals surface area contributed by atoms with Crippen molar-refractivity contribution in [1.29, 1.82) is 0 Å². The Kier molecular flexibility index (Phi) is 2.68. The summed E-state index contributed by atoms with van der Waals surface area (Å²) < 4.78 is 0. The zero-order chi connectivity index (χ0) is 11.1. The summed E-state index contributed by atoms with van der Waals surface area (Å²) >= 11 is 12.0. The van der Waals surface area contributed by atoms with Crippen molar-refractivity contribution in [2.75, 3.05) is 4.90 Å². The van der Waals surface area contributed by atoms with E-state index in [0.29, 0.717) is 22.5 Å². The van der Waals surface area contributed by atoms with Crippen LogP contribution in [-0.4, -0.2) is 27.4 Å². The van der Waals surface area contributed by atoms with Gasteiger partial charge in [0.25, 0.3) is 0 Å². The molecule has 0 aliphatic carbocycles. The molecule has 3 heterocycles. The molecule has 3 nitrogen and oxygen atoms in total. The number of piperidine rings is 1. The van der Waals surface area contributed by atoms with Crippen LogP contribution in [0.15, 0.2) is 12.4 Å². The number of anilines is 1. The van der Waals surface area contributed by atoms with Crippen molar-refractivity contribution in [3.8, 4) is 0 Å². The van der Waals surface area contributed by atoms with Gasteiger partial charge in [-0.25, -0.2) is 9.97 Å². The van der Waals surface area contributed by atoms with Gasteiger partial charge in [0, 0.05) is 17.5 Å². The van der Waals surface area contributed by atoms with Gasteiger partial charge in [-0.15, -0.1) is 11.6 Å². The molecule has 5 heteroatoms. The molecule has 2 fully saturated rings. The summed E-state index contributed by atoms with van der Waals surface area (Å²) in [5.41, 5.74) is 0. The number of hydrogen-bond acceptors (Lipinski definition) is 3. The number of nitrogens with zero attached hydrogens (tertiary/aromatic N) is 3.